The van der Waals surface area contributed by atoms with Gasteiger partial charge in [-0.1, -0.05) is 5.16 Å². The number of ether oxygens (including phenoxy) is 1. The van der Waals surface area contributed by atoms with Gasteiger partial charge in [-0.2, -0.15) is 4.98 Å². The number of aromatic nitrogens is 2. The fourth-order valence-corrected chi connectivity index (χ4v) is 1.01. The lowest BCUT2D eigenvalue weighted by atomic mass is 10.1. The Kier molecular flexibility index (Phi) is 2.28. The maximum atomic E-state index is 10.2. The van der Waals surface area contributed by atoms with Crippen molar-refractivity contribution >= 4 is 12.0 Å². The number of hydrogen-bond donors (Lipinski definition) is 1. The van der Waals surface area contributed by atoms with E-state index in [0.717, 1.165) is 6.08 Å². The third-order valence-electron chi connectivity index (χ3n) is 1.83. The van der Waals surface area contributed by atoms with Crippen molar-refractivity contribution in [3.8, 4) is 0 Å². The molecule has 1 aliphatic heterocycles. The summed E-state index contributed by atoms with van der Waals surface area (Å²) in [5.41, 5.74) is 0. The minimum atomic E-state index is -1.04. The SMILES string of the molecule is O=C(O)C=Cc1nc(C2COC2)no1. The molecule has 1 saturated heterocycles. The Hall–Kier alpha value is -1.69. The van der Waals surface area contributed by atoms with Crippen LogP contribution in [-0.4, -0.2) is 34.4 Å². The highest BCUT2D eigenvalue weighted by Crippen LogP contribution is 2.20. The fourth-order valence-electron chi connectivity index (χ4n) is 1.01. The lowest BCUT2D eigenvalue weighted by Crippen LogP contribution is -2.26. The summed E-state index contributed by atoms with van der Waals surface area (Å²) >= 11 is 0. The molecular weight excluding hydrogens is 188 g/mol. The van der Waals surface area contributed by atoms with Gasteiger partial charge in [-0.15, -0.1) is 0 Å². The van der Waals surface area contributed by atoms with E-state index >= 15 is 0 Å². The monoisotopic (exact) mass is 196 g/mol. The standard InChI is InChI=1S/C8H8N2O4/c11-7(12)2-1-6-9-8(10-14-6)5-3-13-4-5/h1-2,5H,3-4H2,(H,11,12). The second-order valence-electron chi connectivity index (χ2n) is 2.90. The van der Waals surface area contributed by atoms with Crippen molar-refractivity contribution < 1.29 is 19.2 Å². The zero-order valence-corrected chi connectivity index (χ0v) is 7.21. The van der Waals surface area contributed by atoms with Crippen LogP contribution in [0.3, 0.4) is 0 Å². The Morgan fingerprint density at radius 1 is 1.57 bits per heavy atom. The first kappa shape index (κ1) is 8.89. The minimum absolute atomic E-state index is 0.186. The van der Waals surface area contributed by atoms with Gasteiger partial charge in [0.05, 0.1) is 19.1 Å². The lowest BCUT2D eigenvalue weighted by Gasteiger charge is -2.21. The van der Waals surface area contributed by atoms with Crippen LogP contribution in [0, 0.1) is 0 Å². The van der Waals surface area contributed by atoms with Crippen molar-refractivity contribution in [2.24, 2.45) is 0 Å². The molecule has 0 unspecified atom stereocenters. The van der Waals surface area contributed by atoms with Crippen LogP contribution in [0.15, 0.2) is 10.6 Å². The van der Waals surface area contributed by atoms with E-state index in [9.17, 15) is 4.79 Å². The predicted octanol–water partition coefficient (Wildman–Crippen LogP) is 0.281. The molecule has 0 aromatic carbocycles. The first-order chi connectivity index (χ1) is 6.75. The number of rotatable bonds is 3. The van der Waals surface area contributed by atoms with Crippen LogP contribution < -0.4 is 0 Å². The van der Waals surface area contributed by atoms with Crippen LogP contribution in [0.1, 0.15) is 17.6 Å². The summed E-state index contributed by atoms with van der Waals surface area (Å²) in [6, 6.07) is 0. The van der Waals surface area contributed by atoms with Crippen LogP contribution in [0.5, 0.6) is 0 Å². The highest BCUT2D eigenvalue weighted by atomic mass is 16.5. The highest BCUT2D eigenvalue weighted by Gasteiger charge is 2.25. The molecule has 6 heteroatoms. The van der Waals surface area contributed by atoms with Crippen LogP contribution in [0.2, 0.25) is 0 Å². The third-order valence-corrected chi connectivity index (χ3v) is 1.83. The van der Waals surface area contributed by atoms with Gasteiger partial charge < -0.3 is 14.4 Å². The number of carboxylic acids is 1. The van der Waals surface area contributed by atoms with Gasteiger partial charge in [0.15, 0.2) is 5.82 Å². The largest absolute Gasteiger partial charge is 0.478 e. The summed E-state index contributed by atoms with van der Waals surface area (Å²) in [7, 11) is 0. The number of carbonyl (C=O) groups is 1. The van der Waals surface area contributed by atoms with Crippen molar-refractivity contribution in [2.75, 3.05) is 13.2 Å². The molecule has 0 bridgehead atoms. The van der Waals surface area contributed by atoms with Crippen LogP contribution >= 0.6 is 0 Å². The smallest absolute Gasteiger partial charge is 0.328 e. The maximum Gasteiger partial charge on any atom is 0.328 e. The molecule has 6 nitrogen and oxygen atoms in total. The molecule has 0 radical (unpaired) electrons. The number of hydrogen-bond acceptors (Lipinski definition) is 5. The number of carboxylic acid groups (broad SMARTS) is 1. The molecule has 1 aliphatic rings. The predicted molar refractivity (Wildman–Crippen MR) is 44.5 cm³/mol. The molecule has 74 valence electrons. The summed E-state index contributed by atoms with van der Waals surface area (Å²) in [4.78, 5) is 14.2. The van der Waals surface area contributed by atoms with E-state index in [0.29, 0.717) is 19.0 Å². The van der Waals surface area contributed by atoms with Crippen LogP contribution in [0.25, 0.3) is 6.08 Å². The first-order valence-electron chi connectivity index (χ1n) is 4.08. The van der Waals surface area contributed by atoms with Crippen molar-refractivity contribution in [1.29, 1.82) is 0 Å². The average molecular weight is 196 g/mol. The van der Waals surface area contributed by atoms with Crippen LogP contribution in [0.4, 0.5) is 0 Å². The van der Waals surface area contributed by atoms with Crippen molar-refractivity contribution in [2.45, 2.75) is 5.92 Å². The second kappa shape index (κ2) is 3.59. The molecule has 14 heavy (non-hydrogen) atoms. The maximum absolute atomic E-state index is 10.2. The topological polar surface area (TPSA) is 85.5 Å². The Morgan fingerprint density at radius 2 is 2.36 bits per heavy atom. The van der Waals surface area contributed by atoms with Gasteiger partial charge in [0, 0.05) is 12.2 Å². The quantitative estimate of drug-likeness (QED) is 0.699. The van der Waals surface area contributed by atoms with E-state index in [1.165, 1.54) is 6.08 Å². The third kappa shape index (κ3) is 1.80. The minimum Gasteiger partial charge on any atom is -0.478 e. The van der Waals surface area contributed by atoms with Crippen LogP contribution in [-0.2, 0) is 9.53 Å². The molecular formula is C8H8N2O4. The lowest BCUT2D eigenvalue weighted by molar-refractivity contribution is -0.131. The summed E-state index contributed by atoms with van der Waals surface area (Å²) in [5, 5.41) is 12.1. The normalized spacial score (nSPS) is 17.1. The Bertz CT molecular complexity index is 367. The van der Waals surface area contributed by atoms with E-state index < -0.39 is 5.97 Å². The summed E-state index contributed by atoms with van der Waals surface area (Å²) in [6.45, 7) is 1.20. The molecule has 0 amide bonds. The van der Waals surface area contributed by atoms with Gasteiger partial charge >= 0.3 is 5.97 Å². The molecule has 0 aliphatic carbocycles. The van der Waals surface area contributed by atoms with Gasteiger partial charge in [0.2, 0.25) is 0 Å². The molecule has 0 atom stereocenters. The van der Waals surface area contributed by atoms with Crippen molar-refractivity contribution in [3.05, 3.63) is 17.8 Å². The van der Waals surface area contributed by atoms with E-state index in [1.807, 2.05) is 0 Å². The number of aliphatic carboxylic acids is 1. The Balaban J connectivity index is 2.05. The Labute approximate surface area is 79.2 Å². The summed E-state index contributed by atoms with van der Waals surface area (Å²) in [6.07, 6.45) is 2.22. The molecule has 2 rings (SSSR count). The average Bonchev–Trinajstić information content (AvgIpc) is 2.46. The first-order valence-corrected chi connectivity index (χ1v) is 4.08. The summed E-state index contributed by atoms with van der Waals surface area (Å²) in [5.74, 6) is -0.0851. The van der Waals surface area contributed by atoms with Gasteiger partial charge in [-0.3, -0.25) is 0 Å². The van der Waals surface area contributed by atoms with Gasteiger partial charge in [0.1, 0.15) is 0 Å². The zero-order chi connectivity index (χ0) is 9.97. The van der Waals surface area contributed by atoms with Gasteiger partial charge in [-0.05, 0) is 0 Å². The van der Waals surface area contributed by atoms with E-state index in [1.54, 1.807) is 0 Å². The molecule has 0 saturated carbocycles. The van der Waals surface area contributed by atoms with Crippen molar-refractivity contribution in [1.82, 2.24) is 10.1 Å². The van der Waals surface area contributed by atoms with E-state index in [2.05, 4.69) is 10.1 Å². The fraction of sp³-hybridized carbons (Fsp3) is 0.375. The molecule has 1 fully saturated rings. The molecule has 1 aromatic rings. The molecule has 1 aromatic heterocycles. The van der Waals surface area contributed by atoms with E-state index in [4.69, 9.17) is 14.4 Å². The van der Waals surface area contributed by atoms with E-state index in [-0.39, 0.29) is 11.8 Å². The second-order valence-corrected chi connectivity index (χ2v) is 2.90. The van der Waals surface area contributed by atoms with Crippen molar-refractivity contribution in [3.63, 3.8) is 0 Å². The summed E-state index contributed by atoms with van der Waals surface area (Å²) < 4.78 is 9.77. The van der Waals surface area contributed by atoms with Gasteiger partial charge in [-0.25, -0.2) is 4.79 Å². The molecule has 2 heterocycles. The Morgan fingerprint density at radius 3 is 2.93 bits per heavy atom. The molecule has 1 N–H and O–H groups in total. The molecule has 0 spiro atoms. The van der Waals surface area contributed by atoms with Gasteiger partial charge in [0.25, 0.3) is 5.89 Å². The zero-order valence-electron chi connectivity index (χ0n) is 7.21. The highest BCUT2D eigenvalue weighted by molar-refractivity contribution is 5.84. The number of nitrogens with zero attached hydrogens (tertiary/aromatic N) is 2.